The van der Waals surface area contributed by atoms with Gasteiger partial charge in [-0.25, -0.2) is 0 Å². The molecule has 0 fully saturated rings. The second-order valence-corrected chi connectivity index (χ2v) is 2.44. The summed E-state index contributed by atoms with van der Waals surface area (Å²) in [6.45, 7) is 1.17. The minimum Gasteiger partial charge on any atom is -0.394 e. The van der Waals surface area contributed by atoms with Gasteiger partial charge in [-0.1, -0.05) is 0 Å². The molecule has 0 aromatic carbocycles. The van der Waals surface area contributed by atoms with Gasteiger partial charge in [0.2, 0.25) is 0 Å². The van der Waals surface area contributed by atoms with Crippen LogP contribution < -0.4 is 0 Å². The van der Waals surface area contributed by atoms with Crippen LogP contribution in [-0.2, 0) is 11.2 Å². The molecule has 1 heterocycles. The number of pyridine rings is 1. The third-order valence-corrected chi connectivity index (χ3v) is 1.52. The molecule has 0 radical (unpaired) electrons. The summed E-state index contributed by atoms with van der Waals surface area (Å²) in [6, 6.07) is 3.92. The van der Waals surface area contributed by atoms with E-state index in [1.807, 2.05) is 12.1 Å². The van der Waals surface area contributed by atoms with E-state index in [0.29, 0.717) is 13.2 Å². The quantitative estimate of drug-likeness (QED) is 0.654. The Labute approximate surface area is 72.0 Å². The standard InChI is InChI=1S/C9H13NO2/c11-6-8-12-7-3-9-1-4-10-5-2-9/h1-2,4-5,11H,3,6-8H2. The topological polar surface area (TPSA) is 42.4 Å². The van der Waals surface area contributed by atoms with Crippen LogP contribution in [0.5, 0.6) is 0 Å². The Morgan fingerprint density at radius 3 is 2.67 bits per heavy atom. The van der Waals surface area contributed by atoms with E-state index in [1.165, 1.54) is 5.56 Å². The highest BCUT2D eigenvalue weighted by Gasteiger charge is 1.90. The van der Waals surface area contributed by atoms with E-state index in [9.17, 15) is 0 Å². The van der Waals surface area contributed by atoms with E-state index in [2.05, 4.69) is 4.98 Å². The summed E-state index contributed by atoms with van der Waals surface area (Å²) < 4.78 is 5.12. The zero-order valence-electron chi connectivity index (χ0n) is 6.94. The smallest absolute Gasteiger partial charge is 0.0697 e. The first-order valence-corrected chi connectivity index (χ1v) is 4.01. The molecule has 0 amide bonds. The van der Waals surface area contributed by atoms with Crippen molar-refractivity contribution in [1.29, 1.82) is 0 Å². The van der Waals surface area contributed by atoms with E-state index < -0.39 is 0 Å². The number of ether oxygens (including phenoxy) is 1. The van der Waals surface area contributed by atoms with Gasteiger partial charge in [-0.2, -0.15) is 0 Å². The van der Waals surface area contributed by atoms with Crippen molar-refractivity contribution in [2.45, 2.75) is 6.42 Å². The molecule has 66 valence electrons. The highest BCUT2D eigenvalue weighted by atomic mass is 16.5. The van der Waals surface area contributed by atoms with Crippen LogP contribution >= 0.6 is 0 Å². The minimum absolute atomic E-state index is 0.0936. The summed E-state index contributed by atoms with van der Waals surface area (Å²) in [5.41, 5.74) is 1.21. The zero-order chi connectivity index (χ0) is 8.65. The Morgan fingerprint density at radius 1 is 1.25 bits per heavy atom. The molecule has 0 saturated carbocycles. The average Bonchev–Trinajstić information content (AvgIpc) is 2.14. The average molecular weight is 167 g/mol. The van der Waals surface area contributed by atoms with Gasteiger partial charge in [0.15, 0.2) is 0 Å². The van der Waals surface area contributed by atoms with Crippen LogP contribution in [0.15, 0.2) is 24.5 Å². The highest BCUT2D eigenvalue weighted by Crippen LogP contribution is 1.96. The Balaban J connectivity index is 2.16. The molecule has 0 bridgehead atoms. The van der Waals surface area contributed by atoms with Gasteiger partial charge < -0.3 is 9.84 Å². The Bertz CT molecular complexity index is 201. The van der Waals surface area contributed by atoms with E-state index in [1.54, 1.807) is 12.4 Å². The third kappa shape index (κ3) is 3.46. The van der Waals surface area contributed by atoms with Crippen LogP contribution in [0.4, 0.5) is 0 Å². The minimum atomic E-state index is 0.0936. The van der Waals surface area contributed by atoms with Crippen molar-refractivity contribution in [3.63, 3.8) is 0 Å². The van der Waals surface area contributed by atoms with Crippen molar-refractivity contribution < 1.29 is 9.84 Å². The van der Waals surface area contributed by atoms with Crippen molar-refractivity contribution in [2.75, 3.05) is 19.8 Å². The van der Waals surface area contributed by atoms with Crippen molar-refractivity contribution >= 4 is 0 Å². The summed E-state index contributed by atoms with van der Waals surface area (Å²) in [5.74, 6) is 0. The van der Waals surface area contributed by atoms with Gasteiger partial charge in [0.1, 0.15) is 0 Å². The molecular formula is C9H13NO2. The predicted octanol–water partition coefficient (Wildman–Crippen LogP) is 0.633. The number of aliphatic hydroxyl groups is 1. The fourth-order valence-electron chi connectivity index (χ4n) is 0.906. The fraction of sp³-hybridized carbons (Fsp3) is 0.444. The lowest BCUT2D eigenvalue weighted by Gasteiger charge is -2.01. The lowest BCUT2D eigenvalue weighted by Crippen LogP contribution is -2.03. The number of hydrogen-bond acceptors (Lipinski definition) is 3. The third-order valence-electron chi connectivity index (χ3n) is 1.52. The molecule has 0 unspecified atom stereocenters. The number of aliphatic hydroxyl groups excluding tert-OH is 1. The van der Waals surface area contributed by atoms with Gasteiger partial charge >= 0.3 is 0 Å². The maximum absolute atomic E-state index is 8.43. The monoisotopic (exact) mass is 167 g/mol. The van der Waals surface area contributed by atoms with Crippen molar-refractivity contribution in [3.8, 4) is 0 Å². The summed E-state index contributed by atoms with van der Waals surface area (Å²) in [6.07, 6.45) is 4.41. The van der Waals surface area contributed by atoms with Crippen LogP contribution in [-0.4, -0.2) is 29.9 Å². The van der Waals surface area contributed by atoms with E-state index in [4.69, 9.17) is 9.84 Å². The van der Waals surface area contributed by atoms with Crippen molar-refractivity contribution in [2.24, 2.45) is 0 Å². The molecule has 1 rings (SSSR count). The number of hydrogen-bond donors (Lipinski definition) is 1. The van der Waals surface area contributed by atoms with Gasteiger partial charge in [0.25, 0.3) is 0 Å². The first-order valence-electron chi connectivity index (χ1n) is 4.01. The Morgan fingerprint density at radius 2 is 2.00 bits per heavy atom. The van der Waals surface area contributed by atoms with Crippen LogP contribution in [0.2, 0.25) is 0 Å². The molecule has 0 aliphatic heterocycles. The first kappa shape index (κ1) is 9.16. The normalized spacial score (nSPS) is 10.1. The SMILES string of the molecule is OCCOCCc1ccncc1. The van der Waals surface area contributed by atoms with Crippen LogP contribution in [0.25, 0.3) is 0 Å². The van der Waals surface area contributed by atoms with Crippen LogP contribution in [0.3, 0.4) is 0 Å². The molecular weight excluding hydrogens is 154 g/mol. The largest absolute Gasteiger partial charge is 0.394 e. The molecule has 1 aromatic rings. The molecule has 0 atom stereocenters. The molecule has 1 aromatic heterocycles. The summed E-state index contributed by atoms with van der Waals surface area (Å²) >= 11 is 0. The molecule has 3 nitrogen and oxygen atoms in total. The highest BCUT2D eigenvalue weighted by molar-refractivity contribution is 5.09. The summed E-state index contributed by atoms with van der Waals surface area (Å²) in [5, 5.41) is 8.43. The molecule has 0 saturated heterocycles. The molecule has 3 heteroatoms. The Kier molecular flexibility index (Phi) is 4.34. The molecule has 0 aliphatic carbocycles. The molecule has 12 heavy (non-hydrogen) atoms. The second kappa shape index (κ2) is 5.69. The van der Waals surface area contributed by atoms with Crippen molar-refractivity contribution in [1.82, 2.24) is 4.98 Å². The number of nitrogens with zero attached hydrogens (tertiary/aromatic N) is 1. The van der Waals surface area contributed by atoms with E-state index >= 15 is 0 Å². The first-order chi connectivity index (χ1) is 5.93. The molecule has 0 spiro atoms. The van der Waals surface area contributed by atoms with Gasteiger partial charge in [-0.05, 0) is 24.1 Å². The zero-order valence-corrected chi connectivity index (χ0v) is 6.94. The lowest BCUT2D eigenvalue weighted by molar-refractivity contribution is 0.0944. The van der Waals surface area contributed by atoms with E-state index in [0.717, 1.165) is 6.42 Å². The van der Waals surface area contributed by atoms with Gasteiger partial charge in [0.05, 0.1) is 19.8 Å². The van der Waals surface area contributed by atoms with Crippen LogP contribution in [0, 0.1) is 0 Å². The van der Waals surface area contributed by atoms with E-state index in [-0.39, 0.29) is 6.61 Å². The second-order valence-electron chi connectivity index (χ2n) is 2.44. The Hall–Kier alpha value is -0.930. The maximum Gasteiger partial charge on any atom is 0.0697 e. The fourth-order valence-corrected chi connectivity index (χ4v) is 0.906. The van der Waals surface area contributed by atoms with Gasteiger partial charge in [0, 0.05) is 12.4 Å². The lowest BCUT2D eigenvalue weighted by atomic mass is 10.2. The maximum atomic E-state index is 8.43. The number of rotatable bonds is 5. The predicted molar refractivity (Wildman–Crippen MR) is 45.8 cm³/mol. The van der Waals surface area contributed by atoms with Gasteiger partial charge in [-0.15, -0.1) is 0 Å². The van der Waals surface area contributed by atoms with Crippen molar-refractivity contribution in [3.05, 3.63) is 30.1 Å². The summed E-state index contributed by atoms with van der Waals surface area (Å²) in [7, 11) is 0. The number of aromatic nitrogens is 1. The molecule has 0 aliphatic rings. The van der Waals surface area contributed by atoms with Crippen LogP contribution in [0.1, 0.15) is 5.56 Å². The van der Waals surface area contributed by atoms with Gasteiger partial charge in [-0.3, -0.25) is 4.98 Å². The summed E-state index contributed by atoms with van der Waals surface area (Å²) in [4.78, 5) is 3.91. The molecule has 1 N–H and O–H groups in total.